The molecule has 0 aromatic heterocycles. The van der Waals surface area contributed by atoms with Crippen molar-refractivity contribution in [1.82, 2.24) is 0 Å². The maximum absolute atomic E-state index is 13.4. The van der Waals surface area contributed by atoms with Gasteiger partial charge in [-0.05, 0) is 60.2 Å². The van der Waals surface area contributed by atoms with E-state index < -0.39 is 5.25 Å². The van der Waals surface area contributed by atoms with Crippen LogP contribution in [0, 0.1) is 0 Å². The van der Waals surface area contributed by atoms with E-state index in [1.807, 2.05) is 54.6 Å². The molecule has 8 heteroatoms. The quantitative estimate of drug-likeness (QED) is 0.266. The predicted molar refractivity (Wildman–Crippen MR) is 148 cm³/mol. The van der Waals surface area contributed by atoms with Crippen molar-refractivity contribution in [1.29, 1.82) is 0 Å². The van der Waals surface area contributed by atoms with Gasteiger partial charge >= 0.3 is 0 Å². The smallest absolute Gasteiger partial charge is 0.255 e. The Morgan fingerprint density at radius 2 is 1.53 bits per heavy atom. The summed E-state index contributed by atoms with van der Waals surface area (Å²) in [6, 6.07) is 29.4. The largest absolute Gasteiger partial charge is 0.497 e. The number of nitrogens with one attached hydrogen (secondary N) is 2. The van der Waals surface area contributed by atoms with E-state index in [4.69, 9.17) is 14.2 Å². The highest BCUT2D eigenvalue weighted by atomic mass is 32.2. The molecule has 1 aliphatic heterocycles. The number of anilines is 2. The summed E-state index contributed by atoms with van der Waals surface area (Å²) in [5.74, 6) is 1.51. The monoisotopic (exact) mass is 526 g/mol. The molecular formula is C30H26N2O5S. The minimum Gasteiger partial charge on any atom is -0.497 e. The number of rotatable bonds is 8. The Morgan fingerprint density at radius 3 is 2.29 bits per heavy atom. The standard InChI is InChI=1S/C30H26N2O5S/c1-35-24-9-5-8-21(18-24)29(33)31-22-10-13-25(14-11-22)38-28(20-6-3-2-4-7-20)30(34)32-23-12-15-26-27(19-23)37-17-16-36-26/h2-15,18-19,28H,16-17H2,1H3,(H,31,33)(H,32,34). The summed E-state index contributed by atoms with van der Waals surface area (Å²) in [6.07, 6.45) is 0. The van der Waals surface area contributed by atoms with Crippen molar-refractivity contribution in [2.24, 2.45) is 0 Å². The molecule has 4 aromatic rings. The Hall–Kier alpha value is -4.43. The van der Waals surface area contributed by atoms with Gasteiger partial charge in [-0.15, -0.1) is 11.8 Å². The number of carbonyl (C=O) groups excluding carboxylic acids is 2. The van der Waals surface area contributed by atoms with Crippen molar-refractivity contribution in [3.05, 3.63) is 108 Å². The van der Waals surface area contributed by atoms with Gasteiger partial charge < -0.3 is 24.8 Å². The van der Waals surface area contributed by atoms with Crippen molar-refractivity contribution in [3.8, 4) is 17.2 Å². The van der Waals surface area contributed by atoms with Gasteiger partial charge in [0.1, 0.15) is 24.2 Å². The Morgan fingerprint density at radius 1 is 0.789 bits per heavy atom. The predicted octanol–water partition coefficient (Wildman–Crippen LogP) is 6.19. The second-order valence-corrected chi connectivity index (χ2v) is 9.65. The maximum Gasteiger partial charge on any atom is 0.255 e. The van der Waals surface area contributed by atoms with Gasteiger partial charge in [-0.2, -0.15) is 0 Å². The summed E-state index contributed by atoms with van der Waals surface area (Å²) >= 11 is 1.43. The lowest BCUT2D eigenvalue weighted by molar-refractivity contribution is -0.115. The molecule has 4 aromatic carbocycles. The van der Waals surface area contributed by atoms with Crippen LogP contribution in [-0.4, -0.2) is 32.1 Å². The van der Waals surface area contributed by atoms with Crippen LogP contribution in [0.5, 0.6) is 17.2 Å². The third-order valence-electron chi connectivity index (χ3n) is 5.85. The van der Waals surface area contributed by atoms with Crippen LogP contribution >= 0.6 is 11.8 Å². The van der Waals surface area contributed by atoms with Gasteiger partial charge in [0, 0.05) is 27.9 Å². The average Bonchev–Trinajstić information content (AvgIpc) is 2.97. The fourth-order valence-electron chi connectivity index (χ4n) is 3.95. The fourth-order valence-corrected chi connectivity index (χ4v) is 4.97. The molecule has 1 heterocycles. The van der Waals surface area contributed by atoms with E-state index in [0.717, 1.165) is 10.5 Å². The Kier molecular flexibility index (Phi) is 7.80. The third-order valence-corrected chi connectivity index (χ3v) is 7.11. The van der Waals surface area contributed by atoms with Crippen molar-refractivity contribution in [3.63, 3.8) is 0 Å². The van der Waals surface area contributed by atoms with E-state index >= 15 is 0 Å². The van der Waals surface area contributed by atoms with Crippen molar-refractivity contribution >= 4 is 35.0 Å². The van der Waals surface area contributed by atoms with Gasteiger partial charge in [0.05, 0.1) is 7.11 Å². The second kappa shape index (κ2) is 11.7. The van der Waals surface area contributed by atoms with Gasteiger partial charge in [0.15, 0.2) is 11.5 Å². The van der Waals surface area contributed by atoms with Crippen LogP contribution in [0.2, 0.25) is 0 Å². The molecule has 0 saturated carbocycles. The first-order valence-corrected chi connectivity index (χ1v) is 12.9. The number of fused-ring (bicyclic) bond motifs is 1. The number of hydrogen-bond donors (Lipinski definition) is 2. The van der Waals surface area contributed by atoms with Crippen LogP contribution in [0.3, 0.4) is 0 Å². The summed E-state index contributed by atoms with van der Waals surface area (Å²) < 4.78 is 16.4. The summed E-state index contributed by atoms with van der Waals surface area (Å²) in [6.45, 7) is 0.984. The number of ether oxygens (including phenoxy) is 3. The zero-order valence-electron chi connectivity index (χ0n) is 20.7. The number of methoxy groups -OCH3 is 1. The lowest BCUT2D eigenvalue weighted by Gasteiger charge is -2.20. The van der Waals surface area contributed by atoms with Crippen molar-refractivity contribution < 1.29 is 23.8 Å². The fraction of sp³-hybridized carbons (Fsp3) is 0.133. The van der Waals surface area contributed by atoms with Crippen molar-refractivity contribution in [2.45, 2.75) is 10.1 Å². The highest BCUT2D eigenvalue weighted by molar-refractivity contribution is 8.00. The molecule has 0 bridgehead atoms. The molecule has 38 heavy (non-hydrogen) atoms. The first kappa shape index (κ1) is 25.2. The van der Waals surface area contributed by atoms with E-state index in [-0.39, 0.29) is 11.8 Å². The molecule has 5 rings (SSSR count). The minimum absolute atomic E-state index is 0.159. The SMILES string of the molecule is COc1cccc(C(=O)Nc2ccc(SC(C(=O)Nc3ccc4c(c3)OCCO4)c3ccccc3)cc2)c1. The molecular weight excluding hydrogens is 500 g/mol. The zero-order chi connectivity index (χ0) is 26.3. The second-order valence-electron chi connectivity index (χ2n) is 8.47. The van der Waals surface area contributed by atoms with Crippen molar-refractivity contribution in [2.75, 3.05) is 31.0 Å². The average molecular weight is 527 g/mol. The number of thioether (sulfide) groups is 1. The molecule has 2 N–H and O–H groups in total. The van der Waals surface area contributed by atoms with E-state index in [2.05, 4.69) is 10.6 Å². The molecule has 1 unspecified atom stereocenters. The van der Waals surface area contributed by atoms with E-state index in [9.17, 15) is 9.59 Å². The first-order valence-electron chi connectivity index (χ1n) is 12.1. The summed E-state index contributed by atoms with van der Waals surface area (Å²) in [5.41, 5.74) is 2.67. The minimum atomic E-state index is -0.498. The van der Waals surface area contributed by atoms with Crippen LogP contribution in [-0.2, 0) is 4.79 Å². The van der Waals surface area contributed by atoms with Crippen LogP contribution in [0.25, 0.3) is 0 Å². The van der Waals surface area contributed by atoms with E-state index in [1.165, 1.54) is 11.8 Å². The highest BCUT2D eigenvalue weighted by Crippen LogP contribution is 2.38. The number of benzene rings is 4. The number of carbonyl (C=O) groups is 2. The summed E-state index contributed by atoms with van der Waals surface area (Å²) in [5, 5.41) is 5.41. The molecule has 1 aliphatic rings. The van der Waals surface area contributed by atoms with Crippen LogP contribution in [0.1, 0.15) is 21.2 Å². The Balaban J connectivity index is 1.29. The maximum atomic E-state index is 13.4. The van der Waals surface area contributed by atoms with Gasteiger partial charge in [-0.1, -0.05) is 36.4 Å². The number of hydrogen-bond acceptors (Lipinski definition) is 6. The molecule has 1 atom stereocenters. The summed E-state index contributed by atoms with van der Waals surface area (Å²) in [7, 11) is 1.56. The topological polar surface area (TPSA) is 85.9 Å². The molecule has 0 spiro atoms. The molecule has 0 fully saturated rings. The Bertz CT molecular complexity index is 1430. The van der Waals surface area contributed by atoms with E-state index in [1.54, 1.807) is 49.6 Å². The Labute approximate surface area is 225 Å². The summed E-state index contributed by atoms with van der Waals surface area (Å²) in [4.78, 5) is 27.0. The third kappa shape index (κ3) is 6.10. The lowest BCUT2D eigenvalue weighted by atomic mass is 10.1. The molecule has 0 aliphatic carbocycles. The first-order chi connectivity index (χ1) is 18.6. The molecule has 7 nitrogen and oxygen atoms in total. The molecule has 0 saturated heterocycles. The van der Waals surface area contributed by atoms with Gasteiger partial charge in [-0.25, -0.2) is 0 Å². The van der Waals surface area contributed by atoms with Crippen LogP contribution < -0.4 is 24.8 Å². The zero-order valence-corrected chi connectivity index (χ0v) is 21.5. The van der Waals surface area contributed by atoms with Gasteiger partial charge in [-0.3, -0.25) is 9.59 Å². The highest BCUT2D eigenvalue weighted by Gasteiger charge is 2.23. The van der Waals surface area contributed by atoms with Crippen LogP contribution in [0.15, 0.2) is 102 Å². The van der Waals surface area contributed by atoms with E-state index in [0.29, 0.717) is 47.4 Å². The molecule has 2 amide bonds. The molecule has 0 radical (unpaired) electrons. The number of amides is 2. The van der Waals surface area contributed by atoms with Gasteiger partial charge in [0.25, 0.3) is 5.91 Å². The van der Waals surface area contributed by atoms with Gasteiger partial charge in [0.2, 0.25) is 5.91 Å². The lowest BCUT2D eigenvalue weighted by Crippen LogP contribution is -2.20. The normalized spacial score (nSPS) is 12.8. The molecule has 192 valence electrons. The van der Waals surface area contributed by atoms with Crippen LogP contribution in [0.4, 0.5) is 11.4 Å².